The third kappa shape index (κ3) is 3.21. The first-order valence-corrected chi connectivity index (χ1v) is 10.8. The van der Waals surface area contributed by atoms with Gasteiger partial charge in [0.15, 0.2) is 5.16 Å². The molecule has 0 bridgehead atoms. The number of carboxylic acid groups (broad SMARTS) is 1. The van der Waals surface area contributed by atoms with Gasteiger partial charge >= 0.3 is 5.97 Å². The molecular formula is C18H16BrN3O2S2. The SMILES string of the molecule is Cc1ccc(-c2sc(-n3c(Br)nnc3SCC(=O)O)c3c2CCC3)cc1. The van der Waals surface area contributed by atoms with Crippen molar-refractivity contribution in [1.29, 1.82) is 0 Å². The van der Waals surface area contributed by atoms with Crippen LogP contribution < -0.4 is 0 Å². The van der Waals surface area contributed by atoms with E-state index in [9.17, 15) is 4.79 Å². The van der Waals surface area contributed by atoms with E-state index in [0.29, 0.717) is 9.89 Å². The van der Waals surface area contributed by atoms with E-state index < -0.39 is 5.97 Å². The molecule has 0 aliphatic heterocycles. The maximum atomic E-state index is 10.9. The molecule has 0 amide bonds. The summed E-state index contributed by atoms with van der Waals surface area (Å²) in [6.45, 7) is 2.09. The highest BCUT2D eigenvalue weighted by Crippen LogP contribution is 2.45. The molecule has 2 aromatic heterocycles. The lowest BCUT2D eigenvalue weighted by Gasteiger charge is -2.06. The second-order valence-electron chi connectivity index (χ2n) is 6.18. The molecule has 1 aromatic carbocycles. The molecule has 3 aromatic rings. The predicted molar refractivity (Wildman–Crippen MR) is 107 cm³/mol. The van der Waals surface area contributed by atoms with Crippen LogP contribution in [0.1, 0.15) is 23.1 Å². The second-order valence-corrected chi connectivity index (χ2v) is 8.83. The van der Waals surface area contributed by atoms with Crippen molar-refractivity contribution < 1.29 is 9.90 Å². The zero-order chi connectivity index (χ0) is 18.3. The topological polar surface area (TPSA) is 68.0 Å². The summed E-state index contributed by atoms with van der Waals surface area (Å²) in [4.78, 5) is 12.2. The van der Waals surface area contributed by atoms with E-state index in [1.54, 1.807) is 11.3 Å². The molecule has 1 aliphatic rings. The molecule has 0 radical (unpaired) electrons. The van der Waals surface area contributed by atoms with Gasteiger partial charge in [-0.05, 0) is 58.8 Å². The summed E-state index contributed by atoms with van der Waals surface area (Å²) >= 11 is 6.40. The van der Waals surface area contributed by atoms with E-state index in [2.05, 4.69) is 57.3 Å². The number of aryl methyl sites for hydroxylation is 1. The average molecular weight is 450 g/mol. The Kier molecular flexibility index (Phi) is 4.90. The Morgan fingerprint density at radius 3 is 2.73 bits per heavy atom. The molecule has 0 saturated heterocycles. The second kappa shape index (κ2) is 7.17. The number of hydrogen-bond donors (Lipinski definition) is 1. The van der Waals surface area contributed by atoms with Gasteiger partial charge in [-0.1, -0.05) is 41.6 Å². The molecule has 26 heavy (non-hydrogen) atoms. The van der Waals surface area contributed by atoms with Gasteiger partial charge in [-0.2, -0.15) is 0 Å². The maximum Gasteiger partial charge on any atom is 0.313 e. The molecule has 0 saturated carbocycles. The van der Waals surface area contributed by atoms with Crippen molar-refractivity contribution >= 4 is 45.0 Å². The van der Waals surface area contributed by atoms with Crippen LogP contribution in [0.15, 0.2) is 34.2 Å². The molecule has 4 rings (SSSR count). The Labute approximate surface area is 167 Å². The smallest absolute Gasteiger partial charge is 0.313 e. The van der Waals surface area contributed by atoms with Gasteiger partial charge in [0, 0.05) is 4.88 Å². The summed E-state index contributed by atoms with van der Waals surface area (Å²) in [5, 5.41) is 19.0. The standard InChI is InChI=1S/C18H16BrN3O2S2/c1-10-5-7-11(8-6-10)15-12-3-2-4-13(12)16(26-15)22-17(19)20-21-18(22)25-9-14(23)24/h5-8H,2-4,9H2,1H3,(H,23,24). The summed E-state index contributed by atoms with van der Waals surface area (Å²) in [5.74, 6) is -0.902. The van der Waals surface area contributed by atoms with Crippen LogP contribution in [-0.2, 0) is 17.6 Å². The molecule has 2 heterocycles. The highest BCUT2D eigenvalue weighted by Gasteiger charge is 2.27. The first kappa shape index (κ1) is 17.8. The van der Waals surface area contributed by atoms with Crippen LogP contribution in [-0.4, -0.2) is 31.6 Å². The fourth-order valence-electron chi connectivity index (χ4n) is 3.21. The predicted octanol–water partition coefficient (Wildman–Crippen LogP) is 4.73. The van der Waals surface area contributed by atoms with Crippen molar-refractivity contribution in [1.82, 2.24) is 14.8 Å². The minimum atomic E-state index is -0.863. The van der Waals surface area contributed by atoms with Gasteiger partial charge in [-0.15, -0.1) is 21.5 Å². The van der Waals surface area contributed by atoms with Crippen LogP contribution in [0.5, 0.6) is 0 Å². The molecular weight excluding hydrogens is 434 g/mol. The zero-order valence-electron chi connectivity index (χ0n) is 14.0. The van der Waals surface area contributed by atoms with Crippen LogP contribution in [0.4, 0.5) is 0 Å². The van der Waals surface area contributed by atoms with E-state index in [1.165, 1.54) is 38.9 Å². The van der Waals surface area contributed by atoms with E-state index in [1.807, 2.05) is 4.57 Å². The molecule has 0 spiro atoms. The molecule has 1 aliphatic carbocycles. The van der Waals surface area contributed by atoms with E-state index >= 15 is 0 Å². The van der Waals surface area contributed by atoms with Crippen LogP contribution in [0.2, 0.25) is 0 Å². The minimum Gasteiger partial charge on any atom is -0.481 e. The number of aromatic nitrogens is 3. The zero-order valence-corrected chi connectivity index (χ0v) is 17.2. The number of thioether (sulfide) groups is 1. The van der Waals surface area contributed by atoms with Gasteiger partial charge in [-0.25, -0.2) is 0 Å². The van der Waals surface area contributed by atoms with Crippen LogP contribution in [0.3, 0.4) is 0 Å². The Balaban J connectivity index is 1.82. The quantitative estimate of drug-likeness (QED) is 0.570. The van der Waals surface area contributed by atoms with Gasteiger partial charge in [0.05, 0.1) is 5.75 Å². The van der Waals surface area contributed by atoms with Crippen molar-refractivity contribution in [2.24, 2.45) is 0 Å². The Morgan fingerprint density at radius 2 is 2.00 bits per heavy atom. The number of benzene rings is 1. The minimum absolute atomic E-state index is 0.0382. The molecule has 0 unspecified atom stereocenters. The fourth-order valence-corrected chi connectivity index (χ4v) is 6.00. The maximum absolute atomic E-state index is 10.9. The van der Waals surface area contributed by atoms with Gasteiger partial charge < -0.3 is 5.11 Å². The third-order valence-electron chi connectivity index (χ3n) is 4.38. The van der Waals surface area contributed by atoms with Crippen LogP contribution >= 0.6 is 39.0 Å². The Bertz CT molecular complexity index is 979. The number of aliphatic carboxylic acids is 1. The third-order valence-corrected chi connectivity index (χ3v) is 7.12. The van der Waals surface area contributed by atoms with Crippen molar-refractivity contribution in [2.75, 3.05) is 5.75 Å². The number of halogens is 1. The Morgan fingerprint density at radius 1 is 1.27 bits per heavy atom. The largest absolute Gasteiger partial charge is 0.481 e. The lowest BCUT2D eigenvalue weighted by Crippen LogP contribution is -2.02. The number of rotatable bonds is 5. The van der Waals surface area contributed by atoms with Gasteiger partial charge in [0.1, 0.15) is 5.00 Å². The summed E-state index contributed by atoms with van der Waals surface area (Å²) in [6.07, 6.45) is 3.24. The number of carboxylic acids is 1. The molecule has 5 nitrogen and oxygen atoms in total. The molecule has 8 heteroatoms. The average Bonchev–Trinajstić information content (AvgIpc) is 3.29. The monoisotopic (exact) mass is 449 g/mol. The summed E-state index contributed by atoms with van der Waals surface area (Å²) in [7, 11) is 0. The van der Waals surface area contributed by atoms with Crippen molar-refractivity contribution in [3.8, 4) is 15.4 Å². The number of thiophene rings is 1. The van der Waals surface area contributed by atoms with E-state index in [0.717, 1.165) is 24.3 Å². The van der Waals surface area contributed by atoms with Crippen LogP contribution in [0, 0.1) is 6.92 Å². The molecule has 134 valence electrons. The molecule has 1 N–H and O–H groups in total. The van der Waals surface area contributed by atoms with E-state index in [-0.39, 0.29) is 5.75 Å². The highest BCUT2D eigenvalue weighted by molar-refractivity contribution is 9.10. The van der Waals surface area contributed by atoms with E-state index in [4.69, 9.17) is 5.11 Å². The summed E-state index contributed by atoms with van der Waals surface area (Å²) < 4.78 is 2.55. The van der Waals surface area contributed by atoms with Crippen molar-refractivity contribution in [3.63, 3.8) is 0 Å². The number of nitrogens with zero attached hydrogens (tertiary/aromatic N) is 3. The number of hydrogen-bond acceptors (Lipinski definition) is 5. The lowest BCUT2D eigenvalue weighted by atomic mass is 10.1. The van der Waals surface area contributed by atoms with Gasteiger partial charge in [-0.3, -0.25) is 9.36 Å². The summed E-state index contributed by atoms with van der Waals surface area (Å²) in [6, 6.07) is 8.62. The number of carbonyl (C=O) groups is 1. The van der Waals surface area contributed by atoms with Crippen LogP contribution in [0.25, 0.3) is 15.4 Å². The fraction of sp³-hybridized carbons (Fsp3) is 0.278. The normalized spacial score (nSPS) is 13.2. The van der Waals surface area contributed by atoms with Gasteiger partial charge in [0.25, 0.3) is 0 Å². The summed E-state index contributed by atoms with van der Waals surface area (Å²) in [5.41, 5.74) is 5.22. The van der Waals surface area contributed by atoms with Crippen molar-refractivity contribution in [2.45, 2.75) is 31.3 Å². The highest BCUT2D eigenvalue weighted by atomic mass is 79.9. The number of fused-ring (bicyclic) bond motifs is 1. The lowest BCUT2D eigenvalue weighted by molar-refractivity contribution is -0.133. The molecule has 0 atom stereocenters. The van der Waals surface area contributed by atoms with Crippen molar-refractivity contribution in [3.05, 3.63) is 45.7 Å². The first-order valence-electron chi connectivity index (χ1n) is 8.22. The Hall–Kier alpha value is -1.64. The van der Waals surface area contributed by atoms with Gasteiger partial charge in [0.2, 0.25) is 4.73 Å². The first-order chi connectivity index (χ1) is 12.5. The molecule has 0 fully saturated rings.